The summed E-state index contributed by atoms with van der Waals surface area (Å²) < 4.78 is 0. The summed E-state index contributed by atoms with van der Waals surface area (Å²) in [6.07, 6.45) is 3.59. The SMILES string of the molecule is Cc1c(C)c(C)c2c(c1C)C=C(C(C)C)C2. The molecule has 0 heteroatoms. The van der Waals surface area contributed by atoms with Crippen molar-refractivity contribution in [3.05, 3.63) is 39.0 Å². The quantitative estimate of drug-likeness (QED) is 0.645. The highest BCUT2D eigenvalue weighted by molar-refractivity contribution is 5.71. The van der Waals surface area contributed by atoms with E-state index >= 15 is 0 Å². The molecular formula is C16H22. The van der Waals surface area contributed by atoms with E-state index in [-0.39, 0.29) is 0 Å². The topological polar surface area (TPSA) is 0 Å². The third-order valence-corrected chi connectivity index (χ3v) is 4.32. The zero-order valence-electron chi connectivity index (χ0n) is 11.4. The molecule has 0 heterocycles. The molecule has 0 aromatic heterocycles. The molecule has 0 amide bonds. The largest absolute Gasteiger partial charge is 0.0626 e. The molecule has 1 aliphatic rings. The molecule has 0 fully saturated rings. The van der Waals surface area contributed by atoms with Gasteiger partial charge in [0.05, 0.1) is 0 Å². The third kappa shape index (κ3) is 1.52. The summed E-state index contributed by atoms with van der Waals surface area (Å²) in [6, 6.07) is 0. The Morgan fingerprint density at radius 3 is 2.00 bits per heavy atom. The van der Waals surface area contributed by atoms with E-state index in [4.69, 9.17) is 0 Å². The molecule has 16 heavy (non-hydrogen) atoms. The van der Waals surface area contributed by atoms with E-state index in [1.165, 1.54) is 34.2 Å². The Kier molecular flexibility index (Phi) is 2.69. The Balaban J connectivity index is 2.63. The van der Waals surface area contributed by atoms with Crippen molar-refractivity contribution in [2.45, 2.75) is 48.0 Å². The van der Waals surface area contributed by atoms with Crippen LogP contribution in [0, 0.1) is 33.6 Å². The first-order valence-corrected chi connectivity index (χ1v) is 6.23. The highest BCUT2D eigenvalue weighted by Crippen LogP contribution is 2.36. The van der Waals surface area contributed by atoms with Crippen molar-refractivity contribution < 1.29 is 0 Å². The predicted molar refractivity (Wildman–Crippen MR) is 71.9 cm³/mol. The Labute approximate surface area is 99.4 Å². The number of rotatable bonds is 1. The lowest BCUT2D eigenvalue weighted by Gasteiger charge is -2.15. The van der Waals surface area contributed by atoms with Gasteiger partial charge >= 0.3 is 0 Å². The summed E-state index contributed by atoms with van der Waals surface area (Å²) in [7, 11) is 0. The van der Waals surface area contributed by atoms with Gasteiger partial charge in [-0.25, -0.2) is 0 Å². The first-order valence-electron chi connectivity index (χ1n) is 6.23. The van der Waals surface area contributed by atoms with Gasteiger partial charge in [0.2, 0.25) is 0 Å². The first-order chi connectivity index (χ1) is 7.43. The fourth-order valence-corrected chi connectivity index (χ4v) is 2.65. The Morgan fingerprint density at radius 2 is 1.44 bits per heavy atom. The van der Waals surface area contributed by atoms with E-state index in [9.17, 15) is 0 Å². The smallest absolute Gasteiger partial charge is 0.00524 e. The van der Waals surface area contributed by atoms with E-state index < -0.39 is 0 Å². The Morgan fingerprint density at radius 1 is 0.875 bits per heavy atom. The van der Waals surface area contributed by atoms with Gasteiger partial charge < -0.3 is 0 Å². The maximum atomic E-state index is 2.43. The number of allylic oxidation sites excluding steroid dienone is 1. The average Bonchev–Trinajstić information content (AvgIpc) is 2.68. The van der Waals surface area contributed by atoms with Crippen molar-refractivity contribution in [2.24, 2.45) is 5.92 Å². The van der Waals surface area contributed by atoms with Crippen LogP contribution < -0.4 is 0 Å². The second-order valence-corrected chi connectivity index (χ2v) is 5.44. The molecule has 0 spiro atoms. The second-order valence-electron chi connectivity index (χ2n) is 5.44. The monoisotopic (exact) mass is 214 g/mol. The van der Waals surface area contributed by atoms with Crippen molar-refractivity contribution >= 4 is 6.08 Å². The van der Waals surface area contributed by atoms with Gasteiger partial charge in [0.15, 0.2) is 0 Å². The van der Waals surface area contributed by atoms with Crippen molar-refractivity contribution in [1.29, 1.82) is 0 Å². The molecule has 1 aliphatic carbocycles. The number of hydrogen-bond donors (Lipinski definition) is 0. The summed E-state index contributed by atoms with van der Waals surface area (Å²) in [5.74, 6) is 0.673. The normalized spacial score (nSPS) is 14.3. The van der Waals surface area contributed by atoms with Crippen molar-refractivity contribution in [3.8, 4) is 0 Å². The number of fused-ring (bicyclic) bond motifs is 1. The van der Waals surface area contributed by atoms with E-state index in [0.29, 0.717) is 5.92 Å². The fraction of sp³-hybridized carbons (Fsp3) is 0.500. The van der Waals surface area contributed by atoms with E-state index in [0.717, 1.165) is 0 Å². The first kappa shape index (κ1) is 11.4. The van der Waals surface area contributed by atoms with Crippen molar-refractivity contribution in [3.63, 3.8) is 0 Å². The summed E-state index contributed by atoms with van der Waals surface area (Å²) >= 11 is 0. The molecule has 0 aliphatic heterocycles. The van der Waals surface area contributed by atoms with Crippen molar-refractivity contribution in [2.75, 3.05) is 0 Å². The molecule has 1 aromatic rings. The second kappa shape index (κ2) is 3.76. The van der Waals surface area contributed by atoms with Crippen LogP contribution in [0.3, 0.4) is 0 Å². The van der Waals surface area contributed by atoms with Crippen LogP contribution in [-0.2, 0) is 6.42 Å². The van der Waals surface area contributed by atoms with Gasteiger partial charge in [-0.05, 0) is 73.4 Å². The van der Waals surface area contributed by atoms with Gasteiger partial charge in [-0.2, -0.15) is 0 Å². The predicted octanol–water partition coefficient (Wildman–Crippen LogP) is 4.52. The zero-order valence-corrected chi connectivity index (χ0v) is 11.4. The summed E-state index contributed by atoms with van der Waals surface area (Å²) in [4.78, 5) is 0. The molecule has 0 nitrogen and oxygen atoms in total. The van der Waals surface area contributed by atoms with Crippen LogP contribution in [-0.4, -0.2) is 0 Å². The van der Waals surface area contributed by atoms with Gasteiger partial charge in [0.25, 0.3) is 0 Å². The molecule has 86 valence electrons. The van der Waals surface area contributed by atoms with E-state index in [1.54, 1.807) is 11.1 Å². The van der Waals surface area contributed by atoms with Crippen LogP contribution in [0.4, 0.5) is 0 Å². The zero-order chi connectivity index (χ0) is 12.0. The molecule has 0 bridgehead atoms. The number of benzene rings is 1. The van der Waals surface area contributed by atoms with Gasteiger partial charge in [-0.3, -0.25) is 0 Å². The standard InChI is InChI=1S/C16H22/c1-9(2)14-7-15-12(5)10(3)11(4)13(6)16(15)8-14/h7,9H,8H2,1-6H3. The molecule has 0 atom stereocenters. The molecule has 2 rings (SSSR count). The third-order valence-electron chi connectivity index (χ3n) is 4.32. The average molecular weight is 214 g/mol. The van der Waals surface area contributed by atoms with Crippen LogP contribution in [0.1, 0.15) is 47.2 Å². The number of hydrogen-bond acceptors (Lipinski definition) is 0. The maximum absolute atomic E-state index is 2.43. The lowest BCUT2D eigenvalue weighted by atomic mass is 9.90. The molecular weight excluding hydrogens is 192 g/mol. The summed E-state index contributed by atoms with van der Waals surface area (Å²) in [6.45, 7) is 13.6. The fourth-order valence-electron chi connectivity index (χ4n) is 2.65. The van der Waals surface area contributed by atoms with Gasteiger partial charge in [-0.15, -0.1) is 0 Å². The summed E-state index contributed by atoms with van der Waals surface area (Å²) in [5, 5.41) is 0. The lowest BCUT2D eigenvalue weighted by Crippen LogP contribution is -2.00. The van der Waals surface area contributed by atoms with Crippen molar-refractivity contribution in [1.82, 2.24) is 0 Å². The van der Waals surface area contributed by atoms with E-state index in [1.807, 2.05) is 0 Å². The maximum Gasteiger partial charge on any atom is -0.00524 e. The van der Waals surface area contributed by atoms with Gasteiger partial charge in [-0.1, -0.05) is 25.5 Å². The molecule has 0 radical (unpaired) electrons. The highest BCUT2D eigenvalue weighted by Gasteiger charge is 2.21. The highest BCUT2D eigenvalue weighted by atomic mass is 14.3. The van der Waals surface area contributed by atoms with Crippen LogP contribution in [0.15, 0.2) is 5.57 Å². The Hall–Kier alpha value is -1.04. The van der Waals surface area contributed by atoms with Crippen LogP contribution in [0.2, 0.25) is 0 Å². The molecule has 1 aromatic carbocycles. The minimum atomic E-state index is 0.673. The molecule has 0 saturated carbocycles. The Bertz CT molecular complexity index is 474. The molecule has 0 unspecified atom stereocenters. The van der Waals surface area contributed by atoms with Crippen LogP contribution >= 0.6 is 0 Å². The minimum Gasteiger partial charge on any atom is -0.0626 e. The minimum absolute atomic E-state index is 0.673. The van der Waals surface area contributed by atoms with Gasteiger partial charge in [0, 0.05) is 0 Å². The van der Waals surface area contributed by atoms with Gasteiger partial charge in [0.1, 0.15) is 0 Å². The molecule has 0 N–H and O–H groups in total. The summed E-state index contributed by atoms with van der Waals surface area (Å²) in [5.41, 5.74) is 10.6. The van der Waals surface area contributed by atoms with E-state index in [2.05, 4.69) is 47.6 Å². The van der Waals surface area contributed by atoms with Crippen LogP contribution in [0.25, 0.3) is 6.08 Å². The van der Waals surface area contributed by atoms with Crippen LogP contribution in [0.5, 0.6) is 0 Å². The lowest BCUT2D eigenvalue weighted by molar-refractivity contribution is 0.753. The molecule has 0 saturated heterocycles.